The first-order valence-corrected chi connectivity index (χ1v) is 15.0. The molecule has 4 aliphatic heterocycles. The lowest BCUT2D eigenvalue weighted by molar-refractivity contribution is 0.0632. The summed E-state index contributed by atoms with van der Waals surface area (Å²) in [6, 6.07) is 8.69. The second-order valence-corrected chi connectivity index (χ2v) is 12.7. The van der Waals surface area contributed by atoms with Crippen LogP contribution in [0, 0.1) is 11.3 Å². The molecule has 2 amide bonds. The highest BCUT2D eigenvalue weighted by molar-refractivity contribution is 5.99. The summed E-state index contributed by atoms with van der Waals surface area (Å²) in [7, 11) is 0. The van der Waals surface area contributed by atoms with Gasteiger partial charge in [-0.2, -0.15) is 0 Å². The number of amides is 2. The Morgan fingerprint density at radius 2 is 1.27 bits per heavy atom. The molecule has 5 rings (SSSR count). The lowest BCUT2D eigenvalue weighted by Gasteiger charge is -2.38. The molecule has 1 aromatic carbocycles. The molecule has 4 saturated heterocycles. The van der Waals surface area contributed by atoms with Gasteiger partial charge >= 0.3 is 0 Å². The molecule has 0 aromatic heterocycles. The van der Waals surface area contributed by atoms with E-state index in [1.165, 1.54) is 51.9 Å². The van der Waals surface area contributed by atoms with Crippen molar-refractivity contribution >= 4 is 11.8 Å². The van der Waals surface area contributed by atoms with Gasteiger partial charge in [-0.3, -0.25) is 14.5 Å². The van der Waals surface area contributed by atoms with Crippen molar-refractivity contribution in [3.63, 3.8) is 0 Å². The monoisotopic (exact) mass is 508 g/mol. The number of piperidine rings is 2. The molecule has 0 saturated carbocycles. The maximum atomic E-state index is 13.4. The van der Waals surface area contributed by atoms with Crippen LogP contribution in [0.1, 0.15) is 92.9 Å². The predicted molar refractivity (Wildman–Crippen MR) is 149 cm³/mol. The summed E-state index contributed by atoms with van der Waals surface area (Å²) in [5.74, 6) is 0.933. The minimum Gasteiger partial charge on any atom is -0.339 e. The molecule has 0 N–H and O–H groups in total. The average Bonchev–Trinajstić information content (AvgIpc) is 3.66. The molecule has 6 nitrogen and oxygen atoms in total. The zero-order chi connectivity index (χ0) is 26.0. The molecule has 1 unspecified atom stereocenters. The van der Waals surface area contributed by atoms with E-state index in [4.69, 9.17) is 0 Å². The molecule has 4 aliphatic rings. The van der Waals surface area contributed by atoms with Gasteiger partial charge in [-0.05, 0) is 94.1 Å². The highest BCUT2D eigenvalue weighted by atomic mass is 16.2. The molecule has 4 fully saturated rings. The van der Waals surface area contributed by atoms with Crippen LogP contribution in [0.3, 0.4) is 0 Å². The first-order valence-electron chi connectivity index (χ1n) is 15.0. The van der Waals surface area contributed by atoms with Crippen LogP contribution < -0.4 is 0 Å². The normalized spacial score (nSPS) is 25.2. The molecule has 0 spiro atoms. The summed E-state index contributed by atoms with van der Waals surface area (Å²) in [6.07, 6.45) is 9.39. The van der Waals surface area contributed by atoms with Gasteiger partial charge in [0, 0.05) is 55.9 Å². The predicted octanol–water partition coefficient (Wildman–Crippen LogP) is 4.75. The molecule has 0 bridgehead atoms. The number of likely N-dealkylation sites (tertiary alicyclic amines) is 4. The smallest absolute Gasteiger partial charge is 0.253 e. The van der Waals surface area contributed by atoms with Crippen molar-refractivity contribution in [3.8, 4) is 0 Å². The first kappa shape index (κ1) is 26.7. The molecule has 1 aromatic rings. The van der Waals surface area contributed by atoms with Crippen LogP contribution >= 0.6 is 0 Å². The molecule has 4 heterocycles. The van der Waals surface area contributed by atoms with Gasteiger partial charge in [0.05, 0.1) is 0 Å². The molecule has 0 radical (unpaired) electrons. The number of rotatable bonds is 6. The van der Waals surface area contributed by atoms with E-state index in [1.807, 2.05) is 34.1 Å². The van der Waals surface area contributed by atoms with Crippen molar-refractivity contribution in [2.24, 2.45) is 11.3 Å². The van der Waals surface area contributed by atoms with Crippen LogP contribution in [0.5, 0.6) is 0 Å². The van der Waals surface area contributed by atoms with E-state index in [-0.39, 0.29) is 11.8 Å². The minimum absolute atomic E-state index is 0.0758. The van der Waals surface area contributed by atoms with Crippen LogP contribution in [0.2, 0.25) is 0 Å². The van der Waals surface area contributed by atoms with Crippen molar-refractivity contribution in [2.45, 2.75) is 84.2 Å². The maximum absolute atomic E-state index is 13.4. The molecule has 0 aliphatic carbocycles. The lowest BCUT2D eigenvalue weighted by atomic mass is 9.76. The molecular weight excluding hydrogens is 460 g/mol. The topological polar surface area (TPSA) is 47.1 Å². The third-order valence-corrected chi connectivity index (χ3v) is 10.3. The third-order valence-electron chi connectivity index (χ3n) is 10.3. The van der Waals surface area contributed by atoms with Gasteiger partial charge in [-0.25, -0.2) is 0 Å². The molecule has 37 heavy (non-hydrogen) atoms. The van der Waals surface area contributed by atoms with Gasteiger partial charge < -0.3 is 14.7 Å². The van der Waals surface area contributed by atoms with E-state index in [0.29, 0.717) is 28.6 Å². The Kier molecular flexibility index (Phi) is 8.25. The summed E-state index contributed by atoms with van der Waals surface area (Å²) in [6.45, 7) is 15.2. The Labute approximate surface area is 224 Å². The molecule has 204 valence electrons. The molecular formula is C31H48N4O2. The zero-order valence-electron chi connectivity index (χ0n) is 23.5. The van der Waals surface area contributed by atoms with E-state index in [1.54, 1.807) is 0 Å². The van der Waals surface area contributed by atoms with Crippen molar-refractivity contribution in [1.29, 1.82) is 0 Å². The number of carbonyl (C=O) groups excluding carboxylic acids is 2. The Hall–Kier alpha value is -1.92. The Balaban J connectivity index is 1.13. The number of benzene rings is 1. The van der Waals surface area contributed by atoms with Gasteiger partial charge in [-0.1, -0.05) is 33.3 Å². The fourth-order valence-electron chi connectivity index (χ4n) is 7.17. The molecule has 6 heteroatoms. The third kappa shape index (κ3) is 5.90. The summed E-state index contributed by atoms with van der Waals surface area (Å²) in [5, 5.41) is 0. The van der Waals surface area contributed by atoms with Gasteiger partial charge in [0.2, 0.25) is 0 Å². The van der Waals surface area contributed by atoms with Gasteiger partial charge in [0.15, 0.2) is 0 Å². The number of hydrogen-bond donors (Lipinski definition) is 0. The zero-order valence-corrected chi connectivity index (χ0v) is 23.5. The first-order chi connectivity index (χ1) is 17.9. The summed E-state index contributed by atoms with van der Waals surface area (Å²) in [4.78, 5) is 35.9. The van der Waals surface area contributed by atoms with E-state index in [9.17, 15) is 9.59 Å². The molecule has 1 atom stereocenters. The van der Waals surface area contributed by atoms with Crippen molar-refractivity contribution in [2.75, 3.05) is 52.4 Å². The quantitative estimate of drug-likeness (QED) is 0.556. The Morgan fingerprint density at radius 1 is 0.757 bits per heavy atom. The van der Waals surface area contributed by atoms with Crippen LogP contribution in [0.25, 0.3) is 0 Å². The second-order valence-electron chi connectivity index (χ2n) is 12.7. The van der Waals surface area contributed by atoms with Crippen molar-refractivity contribution in [1.82, 2.24) is 19.6 Å². The lowest BCUT2D eigenvalue weighted by Crippen LogP contribution is -2.46. The highest BCUT2D eigenvalue weighted by Crippen LogP contribution is 2.38. The van der Waals surface area contributed by atoms with Crippen molar-refractivity contribution < 1.29 is 9.59 Å². The summed E-state index contributed by atoms with van der Waals surface area (Å²) >= 11 is 0. The summed E-state index contributed by atoms with van der Waals surface area (Å²) < 4.78 is 0. The van der Waals surface area contributed by atoms with Gasteiger partial charge in [-0.15, -0.1) is 0 Å². The fraction of sp³-hybridized carbons (Fsp3) is 0.742. The second kappa shape index (κ2) is 11.4. The fourth-order valence-corrected chi connectivity index (χ4v) is 7.17. The largest absolute Gasteiger partial charge is 0.339 e. The van der Waals surface area contributed by atoms with E-state index in [2.05, 4.69) is 30.6 Å². The van der Waals surface area contributed by atoms with Crippen molar-refractivity contribution in [3.05, 3.63) is 35.4 Å². The van der Waals surface area contributed by atoms with E-state index >= 15 is 0 Å². The van der Waals surface area contributed by atoms with E-state index < -0.39 is 0 Å². The average molecular weight is 509 g/mol. The number of hydrogen-bond acceptors (Lipinski definition) is 4. The van der Waals surface area contributed by atoms with E-state index in [0.717, 1.165) is 57.8 Å². The Morgan fingerprint density at radius 3 is 1.78 bits per heavy atom. The Bertz CT molecular complexity index is 940. The number of carbonyl (C=O) groups is 2. The van der Waals surface area contributed by atoms with Crippen LogP contribution in [0.15, 0.2) is 24.3 Å². The van der Waals surface area contributed by atoms with Crippen LogP contribution in [-0.2, 0) is 0 Å². The highest BCUT2D eigenvalue weighted by Gasteiger charge is 2.37. The number of nitrogens with zero attached hydrogens (tertiary/aromatic N) is 4. The van der Waals surface area contributed by atoms with Gasteiger partial charge in [0.1, 0.15) is 0 Å². The minimum atomic E-state index is 0.0758. The van der Waals surface area contributed by atoms with Crippen LogP contribution in [-0.4, -0.2) is 95.9 Å². The standard InChI is InChI=1S/C31H48N4O2/c1-4-31(2,3)26-10-17-35(23-26)28-13-20-34(21-14-28)30(37)25-9-7-8-24(22-25)29(36)33-18-11-27(12-19-33)32-15-5-6-16-32/h7-9,22,26-28H,4-6,10-21,23H2,1-3H3. The maximum Gasteiger partial charge on any atom is 0.253 e. The summed E-state index contributed by atoms with van der Waals surface area (Å²) in [5.41, 5.74) is 1.72. The van der Waals surface area contributed by atoms with Crippen LogP contribution in [0.4, 0.5) is 0 Å². The SMILES string of the molecule is CCC(C)(C)C1CCN(C2CCN(C(=O)c3cccc(C(=O)N4CCC(N5CCCC5)CC4)c3)CC2)C1. The van der Waals surface area contributed by atoms with Gasteiger partial charge in [0.25, 0.3) is 11.8 Å².